The lowest BCUT2D eigenvalue weighted by molar-refractivity contribution is -0.116. The van der Waals surface area contributed by atoms with Crippen LogP contribution in [0.25, 0.3) is 0 Å². The number of sulfonamides is 1. The molecule has 0 spiro atoms. The third kappa shape index (κ3) is 7.28. The van der Waals surface area contributed by atoms with Crippen molar-refractivity contribution in [1.29, 1.82) is 0 Å². The van der Waals surface area contributed by atoms with E-state index in [4.69, 9.17) is 11.6 Å². The number of thioether (sulfide) groups is 1. The van der Waals surface area contributed by atoms with E-state index in [2.05, 4.69) is 29.4 Å². The molecular formula is C16H21ClN4O3S3. The Morgan fingerprint density at radius 2 is 1.96 bits per heavy atom. The highest BCUT2D eigenvalue weighted by Crippen LogP contribution is 2.28. The van der Waals surface area contributed by atoms with Crippen molar-refractivity contribution in [2.75, 3.05) is 22.4 Å². The van der Waals surface area contributed by atoms with Gasteiger partial charge in [0.25, 0.3) is 0 Å². The van der Waals surface area contributed by atoms with Gasteiger partial charge in [-0.15, -0.1) is 10.2 Å². The molecule has 1 amide bonds. The van der Waals surface area contributed by atoms with Gasteiger partial charge in [0, 0.05) is 23.2 Å². The zero-order valence-corrected chi connectivity index (χ0v) is 18.4. The van der Waals surface area contributed by atoms with Gasteiger partial charge in [-0.3, -0.25) is 9.10 Å². The van der Waals surface area contributed by atoms with Gasteiger partial charge < -0.3 is 5.32 Å². The number of carbonyl (C=O) groups is 1. The van der Waals surface area contributed by atoms with E-state index in [9.17, 15) is 13.2 Å². The standard InChI is InChI=1S/C16H21ClN4O3S3/c1-11(2)25-16-20-19-15(26-16)18-14(22)5-4-10-21(27(3,23)24)13-8-6-12(17)7-9-13/h6-9,11H,4-5,10H2,1-3H3,(H,18,19,22). The molecule has 148 valence electrons. The van der Waals surface area contributed by atoms with Crippen molar-refractivity contribution >= 4 is 61.4 Å². The molecule has 0 unspecified atom stereocenters. The Hall–Kier alpha value is -1.36. The lowest BCUT2D eigenvalue weighted by Crippen LogP contribution is -2.31. The summed E-state index contributed by atoms with van der Waals surface area (Å²) in [5, 5.41) is 12.0. The van der Waals surface area contributed by atoms with Crippen molar-refractivity contribution in [3.63, 3.8) is 0 Å². The Morgan fingerprint density at radius 1 is 1.30 bits per heavy atom. The van der Waals surface area contributed by atoms with E-state index in [1.807, 2.05) is 0 Å². The summed E-state index contributed by atoms with van der Waals surface area (Å²) in [6.45, 7) is 4.30. The van der Waals surface area contributed by atoms with E-state index in [0.29, 0.717) is 27.5 Å². The van der Waals surface area contributed by atoms with E-state index in [-0.39, 0.29) is 18.9 Å². The fraction of sp³-hybridized carbons (Fsp3) is 0.438. The van der Waals surface area contributed by atoms with Crippen molar-refractivity contribution in [2.45, 2.75) is 36.3 Å². The summed E-state index contributed by atoms with van der Waals surface area (Å²) in [5.74, 6) is -0.225. The van der Waals surface area contributed by atoms with Crippen molar-refractivity contribution in [1.82, 2.24) is 10.2 Å². The molecule has 0 fully saturated rings. The summed E-state index contributed by atoms with van der Waals surface area (Å²) in [5.41, 5.74) is 0.516. The maximum atomic E-state index is 12.1. The molecule has 0 saturated carbocycles. The van der Waals surface area contributed by atoms with Gasteiger partial charge in [-0.05, 0) is 30.7 Å². The minimum Gasteiger partial charge on any atom is -0.301 e. The highest BCUT2D eigenvalue weighted by molar-refractivity contribution is 8.01. The predicted molar refractivity (Wildman–Crippen MR) is 112 cm³/mol. The van der Waals surface area contributed by atoms with Gasteiger partial charge in [-0.25, -0.2) is 8.42 Å². The van der Waals surface area contributed by atoms with E-state index in [0.717, 1.165) is 10.6 Å². The largest absolute Gasteiger partial charge is 0.301 e. The molecule has 0 aliphatic rings. The molecule has 1 aromatic carbocycles. The molecule has 2 aromatic rings. The Balaban J connectivity index is 1.89. The van der Waals surface area contributed by atoms with Gasteiger partial charge in [-0.1, -0.05) is 48.5 Å². The Morgan fingerprint density at radius 3 is 2.56 bits per heavy atom. The first-order valence-corrected chi connectivity index (χ1v) is 12.1. The Bertz CT molecular complexity index is 869. The first kappa shape index (κ1) is 21.9. The third-order valence-corrected chi connectivity index (χ3v) is 6.64. The molecule has 0 atom stereocenters. The van der Waals surface area contributed by atoms with Crippen molar-refractivity contribution in [3.8, 4) is 0 Å². The predicted octanol–water partition coefficient (Wildman–Crippen LogP) is 3.88. The maximum Gasteiger partial charge on any atom is 0.232 e. The second-order valence-corrected chi connectivity index (χ2v) is 11.1. The lowest BCUT2D eigenvalue weighted by atomic mass is 10.2. The van der Waals surface area contributed by atoms with Crippen LogP contribution in [0.4, 0.5) is 10.8 Å². The number of rotatable bonds is 9. The van der Waals surface area contributed by atoms with Crippen molar-refractivity contribution in [2.24, 2.45) is 0 Å². The molecule has 7 nitrogen and oxygen atoms in total. The SMILES string of the molecule is CC(C)Sc1nnc(NC(=O)CCCN(c2ccc(Cl)cc2)S(C)(=O)=O)s1. The number of anilines is 2. The minimum absolute atomic E-state index is 0.172. The van der Waals surface area contributed by atoms with Crippen LogP contribution in [-0.2, 0) is 14.8 Å². The van der Waals surface area contributed by atoms with Crippen LogP contribution < -0.4 is 9.62 Å². The topological polar surface area (TPSA) is 92.3 Å². The highest BCUT2D eigenvalue weighted by atomic mass is 35.5. The number of nitrogens with one attached hydrogen (secondary N) is 1. The first-order valence-electron chi connectivity index (χ1n) is 8.18. The molecule has 1 heterocycles. The highest BCUT2D eigenvalue weighted by Gasteiger charge is 2.18. The summed E-state index contributed by atoms with van der Waals surface area (Å²) < 4.78 is 26.2. The third-order valence-electron chi connectivity index (χ3n) is 3.27. The quantitative estimate of drug-likeness (QED) is 0.462. The minimum atomic E-state index is -3.46. The van der Waals surface area contributed by atoms with Gasteiger partial charge in [0.15, 0.2) is 4.34 Å². The average Bonchev–Trinajstić information content (AvgIpc) is 2.97. The Labute approximate surface area is 172 Å². The zero-order valence-electron chi connectivity index (χ0n) is 15.2. The number of hydrogen-bond acceptors (Lipinski definition) is 7. The molecule has 27 heavy (non-hydrogen) atoms. The van der Waals surface area contributed by atoms with Gasteiger partial charge in [0.2, 0.25) is 21.1 Å². The summed E-state index contributed by atoms with van der Waals surface area (Å²) in [6, 6.07) is 6.53. The monoisotopic (exact) mass is 448 g/mol. The van der Waals surface area contributed by atoms with E-state index < -0.39 is 10.0 Å². The number of benzene rings is 1. The number of carbonyl (C=O) groups excluding carboxylic acids is 1. The zero-order chi connectivity index (χ0) is 20.0. The molecule has 1 N–H and O–H groups in total. The van der Waals surface area contributed by atoms with Crippen LogP contribution in [0.5, 0.6) is 0 Å². The summed E-state index contributed by atoms with van der Waals surface area (Å²) >= 11 is 8.75. The number of halogens is 1. The fourth-order valence-electron chi connectivity index (χ4n) is 2.17. The molecule has 0 aliphatic carbocycles. The van der Waals surface area contributed by atoms with Crippen LogP contribution in [0.2, 0.25) is 5.02 Å². The molecule has 0 saturated heterocycles. The average molecular weight is 449 g/mol. The number of amides is 1. The normalized spacial score (nSPS) is 11.6. The Kier molecular flexibility index (Phi) is 7.90. The molecule has 1 aromatic heterocycles. The van der Waals surface area contributed by atoms with Gasteiger partial charge in [0.05, 0.1) is 11.9 Å². The molecule has 11 heteroatoms. The van der Waals surface area contributed by atoms with Crippen molar-refractivity contribution in [3.05, 3.63) is 29.3 Å². The number of hydrogen-bond donors (Lipinski definition) is 1. The molecular weight excluding hydrogens is 428 g/mol. The second kappa shape index (κ2) is 9.72. The smallest absolute Gasteiger partial charge is 0.232 e. The van der Waals surface area contributed by atoms with E-state index in [1.165, 1.54) is 15.6 Å². The van der Waals surface area contributed by atoms with Gasteiger partial charge >= 0.3 is 0 Å². The van der Waals surface area contributed by atoms with E-state index >= 15 is 0 Å². The summed E-state index contributed by atoms with van der Waals surface area (Å²) in [6.07, 6.45) is 1.68. The second-order valence-electron chi connectivity index (χ2n) is 6.00. The lowest BCUT2D eigenvalue weighted by Gasteiger charge is -2.22. The molecule has 0 radical (unpaired) electrons. The van der Waals surface area contributed by atoms with Crippen LogP contribution in [-0.4, -0.2) is 42.6 Å². The van der Waals surface area contributed by atoms with Gasteiger partial charge in [0.1, 0.15) is 0 Å². The van der Waals surface area contributed by atoms with Crippen molar-refractivity contribution < 1.29 is 13.2 Å². The molecule has 0 aliphatic heterocycles. The fourth-order valence-corrected chi connectivity index (χ4v) is 5.25. The van der Waals surface area contributed by atoms with Crippen LogP contribution in [0.3, 0.4) is 0 Å². The van der Waals surface area contributed by atoms with Crippen LogP contribution in [0.15, 0.2) is 28.6 Å². The molecule has 2 rings (SSSR count). The number of nitrogens with zero attached hydrogens (tertiary/aromatic N) is 3. The van der Waals surface area contributed by atoms with Crippen LogP contribution in [0.1, 0.15) is 26.7 Å². The first-order chi connectivity index (χ1) is 12.6. The maximum absolute atomic E-state index is 12.1. The summed E-state index contributed by atoms with van der Waals surface area (Å²) in [4.78, 5) is 12.1. The van der Waals surface area contributed by atoms with Crippen LogP contribution in [0, 0.1) is 0 Å². The molecule has 0 bridgehead atoms. The summed E-state index contributed by atoms with van der Waals surface area (Å²) in [7, 11) is -3.46. The van der Waals surface area contributed by atoms with Gasteiger partial charge in [-0.2, -0.15) is 0 Å². The van der Waals surface area contributed by atoms with Crippen LogP contribution >= 0.6 is 34.7 Å². The van der Waals surface area contributed by atoms with E-state index in [1.54, 1.807) is 36.0 Å². The number of aromatic nitrogens is 2.